The molecule has 2 aliphatic rings. The molecule has 9 heteroatoms. The Balaban J connectivity index is 1.24. The monoisotopic (exact) mass is 588 g/mol. The summed E-state index contributed by atoms with van der Waals surface area (Å²) in [5.41, 5.74) is 6.89. The van der Waals surface area contributed by atoms with E-state index in [1.54, 1.807) is 6.08 Å². The fraction of sp³-hybridized carbons (Fsp3) is 0.343. The second-order valence-electron chi connectivity index (χ2n) is 12.4. The third kappa shape index (κ3) is 4.67. The fourth-order valence-corrected chi connectivity index (χ4v) is 7.15. The number of carboxylic acid groups (broad SMARTS) is 1. The molecule has 3 aromatic heterocycles. The number of aryl methyl sites for hydroxylation is 3. The summed E-state index contributed by atoms with van der Waals surface area (Å²) in [4.78, 5) is 39.2. The van der Waals surface area contributed by atoms with Crippen molar-refractivity contribution in [3.63, 3.8) is 0 Å². The zero-order valence-corrected chi connectivity index (χ0v) is 25.3. The first-order valence-corrected chi connectivity index (χ1v) is 15.4. The number of rotatable bonds is 7. The zero-order valence-electron chi connectivity index (χ0n) is 25.3. The number of carboxylic acids is 1. The van der Waals surface area contributed by atoms with Crippen LogP contribution < -0.4 is 5.32 Å². The quantitative estimate of drug-likeness (QED) is 0.213. The summed E-state index contributed by atoms with van der Waals surface area (Å²) in [5, 5.41) is 13.6. The highest BCUT2D eigenvalue weighted by Crippen LogP contribution is 2.45. The molecule has 0 spiro atoms. The first-order chi connectivity index (χ1) is 21.2. The molecule has 2 saturated carbocycles. The Morgan fingerprint density at radius 3 is 2.41 bits per heavy atom. The van der Waals surface area contributed by atoms with Crippen molar-refractivity contribution in [3.8, 4) is 11.5 Å². The van der Waals surface area contributed by atoms with E-state index in [4.69, 9.17) is 20.1 Å². The van der Waals surface area contributed by atoms with E-state index in [1.807, 2.05) is 68.3 Å². The van der Waals surface area contributed by atoms with Crippen molar-refractivity contribution in [1.29, 1.82) is 0 Å². The summed E-state index contributed by atoms with van der Waals surface area (Å²) in [7, 11) is 4.00. The molecule has 9 nitrogen and oxygen atoms in total. The van der Waals surface area contributed by atoms with Gasteiger partial charge >= 0.3 is 5.97 Å². The zero-order chi connectivity index (χ0) is 30.6. The Morgan fingerprint density at radius 1 is 0.977 bits per heavy atom. The van der Waals surface area contributed by atoms with Gasteiger partial charge in [-0.2, -0.15) is 0 Å². The maximum Gasteiger partial charge on any atom is 0.328 e. The van der Waals surface area contributed by atoms with Crippen LogP contribution in [0.1, 0.15) is 83.7 Å². The van der Waals surface area contributed by atoms with Crippen molar-refractivity contribution >= 4 is 39.9 Å². The molecule has 3 heterocycles. The predicted octanol–water partition coefficient (Wildman–Crippen LogP) is 6.40. The highest BCUT2D eigenvalue weighted by molar-refractivity contribution is 6.01. The molecule has 5 aromatic rings. The van der Waals surface area contributed by atoms with Gasteiger partial charge in [0.15, 0.2) is 5.82 Å². The molecule has 7 rings (SSSR count). The molecule has 0 saturated heterocycles. The van der Waals surface area contributed by atoms with E-state index < -0.39 is 11.5 Å². The summed E-state index contributed by atoms with van der Waals surface area (Å²) in [6, 6.07) is 11.7. The number of amides is 1. The van der Waals surface area contributed by atoms with E-state index in [0.717, 1.165) is 88.6 Å². The SMILES string of the molecule is Cc1cnc(-c2c(C3CCCC3)c3ccc(C(=O)NC4(c5nc6ccc(/C=C/C(=O)O)cc6n5C)CCC4)cc3n2C)nc1. The van der Waals surface area contributed by atoms with Gasteiger partial charge in [-0.25, -0.2) is 19.7 Å². The normalized spacial score (nSPS) is 16.6. The minimum absolute atomic E-state index is 0.125. The number of imidazole rings is 1. The third-order valence-corrected chi connectivity index (χ3v) is 9.57. The Kier molecular flexibility index (Phi) is 6.83. The first kappa shape index (κ1) is 28.0. The van der Waals surface area contributed by atoms with E-state index in [1.165, 1.54) is 18.4 Å². The number of carbonyl (C=O) groups excluding carboxylic acids is 1. The minimum Gasteiger partial charge on any atom is -0.478 e. The van der Waals surface area contributed by atoms with Crippen LogP contribution >= 0.6 is 0 Å². The number of hydrogen-bond donors (Lipinski definition) is 2. The van der Waals surface area contributed by atoms with Crippen molar-refractivity contribution < 1.29 is 14.7 Å². The van der Waals surface area contributed by atoms with Gasteiger partial charge in [0.25, 0.3) is 5.91 Å². The number of nitrogens with zero attached hydrogens (tertiary/aromatic N) is 5. The van der Waals surface area contributed by atoms with Crippen molar-refractivity contribution in [1.82, 2.24) is 29.4 Å². The van der Waals surface area contributed by atoms with Crippen LogP contribution in [0, 0.1) is 6.92 Å². The summed E-state index contributed by atoms with van der Waals surface area (Å²) in [5.74, 6) is 0.873. The van der Waals surface area contributed by atoms with Crippen molar-refractivity contribution in [2.24, 2.45) is 14.1 Å². The molecule has 44 heavy (non-hydrogen) atoms. The molecule has 2 fully saturated rings. The maximum atomic E-state index is 13.9. The average molecular weight is 589 g/mol. The van der Waals surface area contributed by atoms with E-state index in [-0.39, 0.29) is 5.91 Å². The van der Waals surface area contributed by atoms with Gasteiger partial charge in [0.2, 0.25) is 0 Å². The lowest BCUT2D eigenvalue weighted by Crippen LogP contribution is -2.52. The van der Waals surface area contributed by atoms with Crippen LogP contribution in [0.3, 0.4) is 0 Å². The summed E-state index contributed by atoms with van der Waals surface area (Å²) in [6.45, 7) is 1.99. The molecule has 0 aliphatic heterocycles. The van der Waals surface area contributed by atoms with Gasteiger partial charge in [0, 0.05) is 49.0 Å². The lowest BCUT2D eigenvalue weighted by atomic mass is 9.75. The van der Waals surface area contributed by atoms with Crippen LogP contribution in [0.5, 0.6) is 0 Å². The number of hydrogen-bond acceptors (Lipinski definition) is 5. The van der Waals surface area contributed by atoms with Gasteiger partial charge in [-0.05, 0) is 92.0 Å². The Morgan fingerprint density at radius 2 is 1.73 bits per heavy atom. The van der Waals surface area contributed by atoms with E-state index in [9.17, 15) is 9.59 Å². The molecule has 2 aliphatic carbocycles. The number of fused-ring (bicyclic) bond motifs is 2. The van der Waals surface area contributed by atoms with Crippen LogP contribution in [0.4, 0.5) is 0 Å². The van der Waals surface area contributed by atoms with Crippen LogP contribution in [0.25, 0.3) is 39.5 Å². The maximum absolute atomic E-state index is 13.9. The molecule has 0 bridgehead atoms. The fourth-order valence-electron chi connectivity index (χ4n) is 7.15. The average Bonchev–Trinajstić information content (AvgIpc) is 3.71. The largest absolute Gasteiger partial charge is 0.478 e. The highest BCUT2D eigenvalue weighted by atomic mass is 16.4. The van der Waals surface area contributed by atoms with Gasteiger partial charge in [-0.15, -0.1) is 0 Å². The number of carbonyl (C=O) groups is 2. The van der Waals surface area contributed by atoms with Gasteiger partial charge < -0.3 is 19.6 Å². The van der Waals surface area contributed by atoms with Crippen molar-refractivity contribution in [3.05, 3.63) is 82.9 Å². The molecule has 0 unspecified atom stereocenters. The van der Waals surface area contributed by atoms with Gasteiger partial charge in [-0.1, -0.05) is 25.0 Å². The number of aromatic nitrogens is 5. The number of benzene rings is 2. The second-order valence-corrected chi connectivity index (χ2v) is 12.4. The van der Waals surface area contributed by atoms with E-state index in [0.29, 0.717) is 11.5 Å². The summed E-state index contributed by atoms with van der Waals surface area (Å²) >= 11 is 0. The summed E-state index contributed by atoms with van der Waals surface area (Å²) in [6.07, 6.45) is 13.8. The van der Waals surface area contributed by atoms with E-state index in [2.05, 4.69) is 16.0 Å². The van der Waals surface area contributed by atoms with Crippen LogP contribution in [0.2, 0.25) is 0 Å². The topological polar surface area (TPSA) is 115 Å². The Hall–Kier alpha value is -4.79. The lowest BCUT2D eigenvalue weighted by molar-refractivity contribution is -0.131. The molecule has 2 N–H and O–H groups in total. The molecule has 0 atom stereocenters. The molecule has 224 valence electrons. The van der Waals surface area contributed by atoms with Crippen molar-refractivity contribution in [2.45, 2.75) is 63.3 Å². The van der Waals surface area contributed by atoms with E-state index >= 15 is 0 Å². The highest BCUT2D eigenvalue weighted by Gasteiger charge is 2.44. The van der Waals surface area contributed by atoms with Crippen LogP contribution in [0.15, 0.2) is 54.9 Å². The standard InChI is InChI=1S/C35H36N6O3/c1-21-19-36-32(37-20-21)31-30(23-7-4-5-8-23)25-12-11-24(18-27(25)40(31)2)33(44)39-35(15-6-16-35)34-38-26-13-9-22(10-14-29(42)43)17-28(26)41(34)3/h9-14,17-20,23H,4-8,15-16H2,1-3H3,(H,39,44)(H,42,43)/b14-10+. The molecule has 0 radical (unpaired) electrons. The molecular weight excluding hydrogens is 552 g/mol. The van der Waals surface area contributed by atoms with Crippen LogP contribution in [-0.4, -0.2) is 41.1 Å². The molecule has 1 amide bonds. The van der Waals surface area contributed by atoms with Crippen LogP contribution in [-0.2, 0) is 24.4 Å². The lowest BCUT2D eigenvalue weighted by Gasteiger charge is -2.41. The summed E-state index contributed by atoms with van der Waals surface area (Å²) < 4.78 is 4.18. The molecule has 2 aromatic carbocycles. The van der Waals surface area contributed by atoms with Gasteiger partial charge in [0.1, 0.15) is 5.82 Å². The third-order valence-electron chi connectivity index (χ3n) is 9.57. The Labute approximate surface area is 255 Å². The predicted molar refractivity (Wildman–Crippen MR) is 170 cm³/mol. The minimum atomic E-state index is -0.991. The van der Waals surface area contributed by atoms with Crippen molar-refractivity contribution in [2.75, 3.05) is 0 Å². The molecular formula is C35H36N6O3. The Bertz CT molecular complexity index is 1960. The number of aliphatic carboxylic acids is 1. The smallest absolute Gasteiger partial charge is 0.328 e. The first-order valence-electron chi connectivity index (χ1n) is 15.4. The van der Waals surface area contributed by atoms with Gasteiger partial charge in [-0.3, -0.25) is 4.79 Å². The number of nitrogens with one attached hydrogen (secondary N) is 1. The van der Waals surface area contributed by atoms with Gasteiger partial charge in [0.05, 0.1) is 22.3 Å². The second kappa shape index (κ2) is 10.7.